The van der Waals surface area contributed by atoms with Crippen LogP contribution in [-0.4, -0.2) is 27.0 Å². The summed E-state index contributed by atoms with van der Waals surface area (Å²) in [5.74, 6) is 0.311. The van der Waals surface area contributed by atoms with Crippen LogP contribution in [0.5, 0.6) is 5.75 Å². The van der Waals surface area contributed by atoms with E-state index in [0.29, 0.717) is 5.75 Å². The number of sulfonamides is 1. The summed E-state index contributed by atoms with van der Waals surface area (Å²) in [5, 5.41) is 0. The van der Waals surface area contributed by atoms with Crippen molar-refractivity contribution in [2.24, 2.45) is 0 Å². The number of fused-ring (bicyclic) bond motifs is 1. The van der Waals surface area contributed by atoms with Crippen molar-refractivity contribution in [1.82, 2.24) is 4.72 Å². The lowest BCUT2D eigenvalue weighted by atomic mass is 10.1. The second-order valence-corrected chi connectivity index (χ2v) is 9.67. The SMILES string of the molecule is C[C@@H](NS(=O)(=O)c1ccc(OCC(=O)N2c3ccccc3C[C@@H]2C)cc1)c1ccccc1. The Labute approximate surface area is 188 Å². The molecule has 0 saturated carbocycles. The Morgan fingerprint density at radius 3 is 2.41 bits per heavy atom. The third-order valence-corrected chi connectivity index (χ3v) is 7.16. The molecule has 32 heavy (non-hydrogen) atoms. The first kappa shape index (κ1) is 22.0. The molecule has 1 aliphatic rings. The van der Waals surface area contributed by atoms with Crippen molar-refractivity contribution in [2.45, 2.75) is 37.2 Å². The van der Waals surface area contributed by atoms with Crippen LogP contribution >= 0.6 is 0 Å². The highest BCUT2D eigenvalue weighted by atomic mass is 32.2. The molecule has 1 aliphatic heterocycles. The van der Waals surface area contributed by atoms with E-state index in [1.54, 1.807) is 24.0 Å². The Kier molecular flexibility index (Phi) is 6.30. The number of amides is 1. The molecule has 3 aromatic carbocycles. The fourth-order valence-electron chi connectivity index (χ4n) is 3.99. The van der Waals surface area contributed by atoms with E-state index in [1.165, 1.54) is 12.1 Å². The standard InChI is InChI=1S/C25H26N2O4S/c1-18-16-21-10-6-7-11-24(21)27(18)25(28)17-31-22-12-14-23(15-13-22)32(29,30)26-19(2)20-8-4-3-5-9-20/h3-15,18-19,26H,16-17H2,1-2H3/t18-,19+/m0/s1. The molecule has 0 aliphatic carbocycles. The third kappa shape index (κ3) is 4.69. The molecule has 1 N–H and O–H groups in total. The van der Waals surface area contributed by atoms with Crippen LogP contribution in [0.1, 0.15) is 31.0 Å². The first-order valence-corrected chi connectivity index (χ1v) is 12.0. The molecule has 0 saturated heterocycles. The average molecular weight is 451 g/mol. The summed E-state index contributed by atoms with van der Waals surface area (Å²) in [5.41, 5.74) is 2.96. The van der Waals surface area contributed by atoms with Gasteiger partial charge in [0.25, 0.3) is 5.91 Å². The van der Waals surface area contributed by atoms with Crippen molar-refractivity contribution >= 4 is 21.6 Å². The summed E-state index contributed by atoms with van der Waals surface area (Å²) >= 11 is 0. The molecule has 2 atom stereocenters. The zero-order valence-corrected chi connectivity index (χ0v) is 18.9. The average Bonchev–Trinajstić information content (AvgIpc) is 3.14. The number of carbonyl (C=O) groups excluding carboxylic acids is 1. The summed E-state index contributed by atoms with van der Waals surface area (Å²) < 4.78 is 33.8. The number of rotatable bonds is 7. The Hall–Kier alpha value is -3.16. The molecule has 7 heteroatoms. The number of carbonyl (C=O) groups is 1. The Balaban J connectivity index is 1.38. The van der Waals surface area contributed by atoms with Crippen molar-refractivity contribution < 1.29 is 17.9 Å². The molecule has 6 nitrogen and oxygen atoms in total. The highest BCUT2D eigenvalue weighted by Crippen LogP contribution is 2.32. The summed E-state index contributed by atoms with van der Waals surface area (Å²) in [7, 11) is -3.69. The Bertz CT molecular complexity index is 1190. The monoisotopic (exact) mass is 450 g/mol. The van der Waals surface area contributed by atoms with E-state index in [4.69, 9.17) is 4.74 Å². The molecule has 0 fully saturated rings. The molecule has 3 aromatic rings. The van der Waals surface area contributed by atoms with Crippen LogP contribution in [0.3, 0.4) is 0 Å². The lowest BCUT2D eigenvalue weighted by molar-refractivity contribution is -0.120. The van der Waals surface area contributed by atoms with Gasteiger partial charge in [0.05, 0.1) is 4.90 Å². The van der Waals surface area contributed by atoms with Crippen LogP contribution < -0.4 is 14.4 Å². The van der Waals surface area contributed by atoms with E-state index in [0.717, 1.165) is 23.2 Å². The fourth-order valence-corrected chi connectivity index (χ4v) is 5.22. The van der Waals surface area contributed by atoms with Crippen molar-refractivity contribution in [3.05, 3.63) is 90.0 Å². The number of hydrogen-bond donors (Lipinski definition) is 1. The summed E-state index contributed by atoms with van der Waals surface area (Å²) in [6.45, 7) is 3.70. The van der Waals surface area contributed by atoms with Gasteiger partial charge in [-0.2, -0.15) is 0 Å². The maximum atomic E-state index is 12.8. The van der Waals surface area contributed by atoms with Crippen LogP contribution in [0, 0.1) is 0 Å². The lowest BCUT2D eigenvalue weighted by Crippen LogP contribution is -2.39. The zero-order chi connectivity index (χ0) is 22.7. The third-order valence-electron chi connectivity index (χ3n) is 5.60. The van der Waals surface area contributed by atoms with Crippen molar-refractivity contribution in [3.63, 3.8) is 0 Å². The van der Waals surface area contributed by atoms with Crippen LogP contribution in [0.4, 0.5) is 5.69 Å². The quantitative estimate of drug-likeness (QED) is 0.589. The number of para-hydroxylation sites is 1. The highest BCUT2D eigenvalue weighted by molar-refractivity contribution is 7.89. The number of ether oxygens (including phenoxy) is 1. The molecule has 0 unspecified atom stereocenters. The van der Waals surface area contributed by atoms with Gasteiger partial charge in [0.2, 0.25) is 10.0 Å². The van der Waals surface area contributed by atoms with Gasteiger partial charge in [-0.15, -0.1) is 0 Å². The molecular weight excluding hydrogens is 424 g/mol. The molecule has 1 amide bonds. The molecule has 0 aromatic heterocycles. The summed E-state index contributed by atoms with van der Waals surface area (Å²) in [4.78, 5) is 14.7. The maximum absolute atomic E-state index is 12.8. The smallest absolute Gasteiger partial charge is 0.265 e. The van der Waals surface area contributed by atoms with Crippen molar-refractivity contribution in [3.8, 4) is 5.75 Å². The maximum Gasteiger partial charge on any atom is 0.265 e. The highest BCUT2D eigenvalue weighted by Gasteiger charge is 2.30. The molecule has 166 valence electrons. The molecule has 4 rings (SSSR count). The van der Waals surface area contributed by atoms with Gasteiger partial charge in [-0.05, 0) is 61.7 Å². The van der Waals surface area contributed by atoms with Crippen LogP contribution in [0.15, 0.2) is 83.8 Å². The van der Waals surface area contributed by atoms with Gasteiger partial charge in [0, 0.05) is 17.8 Å². The van der Waals surface area contributed by atoms with Gasteiger partial charge in [-0.3, -0.25) is 4.79 Å². The summed E-state index contributed by atoms with van der Waals surface area (Å²) in [6, 6.07) is 23.1. The minimum absolute atomic E-state index is 0.0775. The van der Waals surface area contributed by atoms with Gasteiger partial charge in [0.15, 0.2) is 6.61 Å². The number of nitrogens with one attached hydrogen (secondary N) is 1. The van der Waals surface area contributed by atoms with E-state index in [1.807, 2.05) is 61.5 Å². The predicted octanol–water partition coefficient (Wildman–Crippen LogP) is 4.08. The van der Waals surface area contributed by atoms with E-state index in [-0.39, 0.29) is 29.5 Å². The number of hydrogen-bond acceptors (Lipinski definition) is 4. The number of benzene rings is 3. The minimum atomic E-state index is -3.69. The van der Waals surface area contributed by atoms with Crippen LogP contribution in [0.2, 0.25) is 0 Å². The largest absolute Gasteiger partial charge is 0.484 e. The van der Waals surface area contributed by atoms with Gasteiger partial charge in [-0.25, -0.2) is 13.1 Å². The number of anilines is 1. The second kappa shape index (κ2) is 9.14. The van der Waals surface area contributed by atoms with Gasteiger partial charge in [-0.1, -0.05) is 48.5 Å². The fraction of sp³-hybridized carbons (Fsp3) is 0.240. The summed E-state index contributed by atoms with van der Waals surface area (Å²) in [6.07, 6.45) is 0.822. The minimum Gasteiger partial charge on any atom is -0.484 e. The second-order valence-electron chi connectivity index (χ2n) is 7.96. The molecule has 0 radical (unpaired) electrons. The van der Waals surface area contributed by atoms with Crippen LogP contribution in [-0.2, 0) is 21.2 Å². The molecule has 1 heterocycles. The van der Waals surface area contributed by atoms with Crippen LogP contribution in [0.25, 0.3) is 0 Å². The topological polar surface area (TPSA) is 75.7 Å². The first-order chi connectivity index (χ1) is 15.3. The lowest BCUT2D eigenvalue weighted by Gasteiger charge is -2.22. The first-order valence-electron chi connectivity index (χ1n) is 10.6. The van der Waals surface area contributed by atoms with Crippen molar-refractivity contribution in [2.75, 3.05) is 11.5 Å². The van der Waals surface area contributed by atoms with E-state index in [2.05, 4.69) is 4.72 Å². The van der Waals surface area contributed by atoms with E-state index >= 15 is 0 Å². The Morgan fingerprint density at radius 2 is 1.69 bits per heavy atom. The molecule has 0 spiro atoms. The molecular formula is C25H26N2O4S. The van der Waals surface area contributed by atoms with Gasteiger partial charge < -0.3 is 9.64 Å². The van der Waals surface area contributed by atoms with E-state index < -0.39 is 10.0 Å². The number of nitrogens with zero attached hydrogens (tertiary/aromatic N) is 1. The van der Waals surface area contributed by atoms with Gasteiger partial charge >= 0.3 is 0 Å². The Morgan fingerprint density at radius 1 is 1.03 bits per heavy atom. The predicted molar refractivity (Wildman–Crippen MR) is 124 cm³/mol. The normalized spacial score (nSPS) is 16.4. The van der Waals surface area contributed by atoms with Gasteiger partial charge in [0.1, 0.15) is 5.75 Å². The molecule has 0 bridgehead atoms. The van der Waals surface area contributed by atoms with Crippen molar-refractivity contribution in [1.29, 1.82) is 0 Å². The zero-order valence-electron chi connectivity index (χ0n) is 18.1. The van der Waals surface area contributed by atoms with E-state index in [9.17, 15) is 13.2 Å².